The van der Waals surface area contributed by atoms with E-state index in [2.05, 4.69) is 16.4 Å². The summed E-state index contributed by atoms with van der Waals surface area (Å²) >= 11 is 0. The molecule has 0 amide bonds. The van der Waals surface area contributed by atoms with E-state index < -0.39 is 0 Å². The smallest absolute Gasteiger partial charge is 0.0437 e. The predicted octanol–water partition coefficient (Wildman–Crippen LogP) is 3.42. The van der Waals surface area contributed by atoms with Crippen LogP contribution in [0.3, 0.4) is 0 Å². The van der Waals surface area contributed by atoms with Crippen molar-refractivity contribution in [3.05, 3.63) is 30.6 Å². The lowest BCUT2D eigenvalue weighted by molar-refractivity contribution is 0.303. The van der Waals surface area contributed by atoms with Crippen LogP contribution in [0.4, 0.5) is 11.4 Å². The number of nitrogen functional groups attached to an aromatic ring is 1. The SMILES string of the molecule is Nc1ccc(NCCC2CCC2)c2cnccc12. The molecule has 0 spiro atoms. The molecule has 94 valence electrons. The van der Waals surface area contributed by atoms with Crippen LogP contribution < -0.4 is 11.1 Å². The summed E-state index contributed by atoms with van der Waals surface area (Å²) in [5.74, 6) is 0.940. The fourth-order valence-corrected chi connectivity index (χ4v) is 2.56. The number of hydrogen-bond acceptors (Lipinski definition) is 3. The minimum absolute atomic E-state index is 0.817. The lowest BCUT2D eigenvalue weighted by Gasteiger charge is -2.25. The van der Waals surface area contributed by atoms with Crippen LogP contribution >= 0.6 is 0 Å². The van der Waals surface area contributed by atoms with Gasteiger partial charge in [0.15, 0.2) is 0 Å². The Morgan fingerprint density at radius 1 is 1.22 bits per heavy atom. The number of nitrogens with one attached hydrogen (secondary N) is 1. The van der Waals surface area contributed by atoms with Gasteiger partial charge < -0.3 is 11.1 Å². The van der Waals surface area contributed by atoms with E-state index in [4.69, 9.17) is 5.73 Å². The van der Waals surface area contributed by atoms with E-state index in [1.54, 1.807) is 6.20 Å². The minimum atomic E-state index is 0.817. The van der Waals surface area contributed by atoms with Crippen molar-refractivity contribution >= 4 is 22.1 Å². The molecule has 1 fully saturated rings. The van der Waals surface area contributed by atoms with Gasteiger partial charge in [-0.2, -0.15) is 0 Å². The van der Waals surface area contributed by atoms with Crippen LogP contribution in [-0.4, -0.2) is 11.5 Å². The molecule has 1 aromatic heterocycles. The molecule has 1 aromatic carbocycles. The van der Waals surface area contributed by atoms with Gasteiger partial charge in [-0.1, -0.05) is 19.3 Å². The van der Waals surface area contributed by atoms with Crippen LogP contribution in [0.15, 0.2) is 30.6 Å². The Labute approximate surface area is 107 Å². The summed E-state index contributed by atoms with van der Waals surface area (Å²) in [7, 11) is 0. The fourth-order valence-electron chi connectivity index (χ4n) is 2.56. The molecule has 1 aliphatic carbocycles. The molecule has 18 heavy (non-hydrogen) atoms. The van der Waals surface area contributed by atoms with Gasteiger partial charge in [0.25, 0.3) is 0 Å². The first kappa shape index (κ1) is 11.3. The van der Waals surface area contributed by atoms with Crippen LogP contribution in [-0.2, 0) is 0 Å². The first-order valence-corrected chi connectivity index (χ1v) is 6.70. The van der Waals surface area contributed by atoms with E-state index in [9.17, 15) is 0 Å². The van der Waals surface area contributed by atoms with Crippen molar-refractivity contribution in [1.29, 1.82) is 0 Å². The number of nitrogens with zero attached hydrogens (tertiary/aromatic N) is 1. The molecule has 0 atom stereocenters. The Morgan fingerprint density at radius 3 is 2.89 bits per heavy atom. The second-order valence-electron chi connectivity index (χ2n) is 5.14. The topological polar surface area (TPSA) is 50.9 Å². The zero-order valence-electron chi connectivity index (χ0n) is 10.5. The van der Waals surface area contributed by atoms with E-state index in [0.717, 1.165) is 34.6 Å². The molecule has 1 aliphatic rings. The van der Waals surface area contributed by atoms with E-state index >= 15 is 0 Å². The molecular weight excluding hydrogens is 222 g/mol. The molecule has 3 rings (SSSR count). The Morgan fingerprint density at radius 2 is 2.11 bits per heavy atom. The normalized spacial score (nSPS) is 15.6. The second kappa shape index (κ2) is 4.84. The van der Waals surface area contributed by atoms with Crippen molar-refractivity contribution in [2.45, 2.75) is 25.7 Å². The molecule has 0 unspecified atom stereocenters. The van der Waals surface area contributed by atoms with Crippen LogP contribution in [0.1, 0.15) is 25.7 Å². The third-order valence-electron chi connectivity index (χ3n) is 3.94. The fraction of sp³-hybridized carbons (Fsp3) is 0.400. The minimum Gasteiger partial charge on any atom is -0.398 e. The first-order chi connectivity index (χ1) is 8.84. The van der Waals surface area contributed by atoms with Crippen LogP contribution in [0.5, 0.6) is 0 Å². The molecule has 0 saturated heterocycles. The molecule has 0 radical (unpaired) electrons. The average Bonchev–Trinajstić information content (AvgIpc) is 2.35. The highest BCUT2D eigenvalue weighted by Crippen LogP contribution is 2.30. The standard InChI is InChI=1S/C15H19N3/c16-14-4-5-15(13-10-17-8-7-12(13)14)18-9-6-11-2-1-3-11/h4-5,7-8,10-11,18H,1-3,6,9,16H2. The Balaban J connectivity index is 1.76. The number of benzene rings is 1. The number of aromatic nitrogens is 1. The maximum atomic E-state index is 5.98. The maximum Gasteiger partial charge on any atom is 0.0437 e. The van der Waals surface area contributed by atoms with E-state index in [1.165, 1.54) is 25.7 Å². The zero-order chi connectivity index (χ0) is 12.4. The van der Waals surface area contributed by atoms with E-state index in [-0.39, 0.29) is 0 Å². The highest BCUT2D eigenvalue weighted by molar-refractivity contribution is 6.00. The largest absolute Gasteiger partial charge is 0.398 e. The van der Waals surface area contributed by atoms with Gasteiger partial charge in [-0.05, 0) is 30.5 Å². The highest BCUT2D eigenvalue weighted by Gasteiger charge is 2.16. The van der Waals surface area contributed by atoms with Crippen LogP contribution in [0.25, 0.3) is 10.8 Å². The van der Waals surface area contributed by atoms with Gasteiger partial charge in [0.05, 0.1) is 0 Å². The summed E-state index contributed by atoms with van der Waals surface area (Å²) < 4.78 is 0. The Bertz CT molecular complexity index is 546. The second-order valence-corrected chi connectivity index (χ2v) is 5.14. The van der Waals surface area contributed by atoms with Crippen molar-refractivity contribution in [2.75, 3.05) is 17.6 Å². The summed E-state index contributed by atoms with van der Waals surface area (Å²) in [6, 6.07) is 6.00. The number of fused-ring (bicyclic) bond motifs is 1. The lowest BCUT2D eigenvalue weighted by Crippen LogP contribution is -2.15. The molecule has 2 aromatic rings. The van der Waals surface area contributed by atoms with Gasteiger partial charge >= 0.3 is 0 Å². The Hall–Kier alpha value is -1.77. The molecule has 1 heterocycles. The molecule has 3 nitrogen and oxygen atoms in total. The maximum absolute atomic E-state index is 5.98. The molecule has 3 N–H and O–H groups in total. The number of nitrogens with two attached hydrogens (primary N) is 1. The molecule has 1 saturated carbocycles. The van der Waals surface area contributed by atoms with Crippen LogP contribution in [0.2, 0.25) is 0 Å². The van der Waals surface area contributed by atoms with E-state index in [1.807, 2.05) is 18.3 Å². The number of rotatable bonds is 4. The molecule has 3 heteroatoms. The average molecular weight is 241 g/mol. The molecule has 0 aliphatic heterocycles. The number of anilines is 2. The summed E-state index contributed by atoms with van der Waals surface area (Å²) in [5, 5.41) is 5.72. The number of pyridine rings is 1. The van der Waals surface area contributed by atoms with Gasteiger partial charge in [0.2, 0.25) is 0 Å². The Kier molecular flexibility index (Phi) is 3.05. The zero-order valence-corrected chi connectivity index (χ0v) is 10.5. The van der Waals surface area contributed by atoms with Gasteiger partial charge in [0.1, 0.15) is 0 Å². The van der Waals surface area contributed by atoms with Crippen LogP contribution in [0, 0.1) is 5.92 Å². The summed E-state index contributed by atoms with van der Waals surface area (Å²) in [6.07, 6.45) is 9.18. The van der Waals surface area contributed by atoms with Crippen molar-refractivity contribution in [1.82, 2.24) is 4.98 Å². The monoisotopic (exact) mass is 241 g/mol. The summed E-state index contributed by atoms with van der Waals surface area (Å²) in [6.45, 7) is 1.04. The van der Waals surface area contributed by atoms with Gasteiger partial charge in [0, 0.05) is 41.1 Å². The summed E-state index contributed by atoms with van der Waals surface area (Å²) in [5.41, 5.74) is 7.94. The highest BCUT2D eigenvalue weighted by atomic mass is 14.9. The quantitative estimate of drug-likeness (QED) is 0.806. The lowest BCUT2D eigenvalue weighted by atomic mass is 9.83. The van der Waals surface area contributed by atoms with Crippen molar-refractivity contribution in [2.24, 2.45) is 5.92 Å². The predicted molar refractivity (Wildman–Crippen MR) is 76.6 cm³/mol. The molecule has 0 bridgehead atoms. The van der Waals surface area contributed by atoms with Crippen molar-refractivity contribution in [3.8, 4) is 0 Å². The third-order valence-corrected chi connectivity index (χ3v) is 3.94. The van der Waals surface area contributed by atoms with Crippen molar-refractivity contribution < 1.29 is 0 Å². The molecular formula is C15H19N3. The first-order valence-electron chi connectivity index (χ1n) is 6.70. The summed E-state index contributed by atoms with van der Waals surface area (Å²) in [4.78, 5) is 4.19. The van der Waals surface area contributed by atoms with Gasteiger partial charge in [-0.25, -0.2) is 0 Å². The number of hydrogen-bond donors (Lipinski definition) is 2. The van der Waals surface area contributed by atoms with E-state index in [0.29, 0.717) is 0 Å². The van der Waals surface area contributed by atoms with Crippen molar-refractivity contribution in [3.63, 3.8) is 0 Å². The third kappa shape index (κ3) is 2.13. The van der Waals surface area contributed by atoms with Gasteiger partial charge in [-0.15, -0.1) is 0 Å². The van der Waals surface area contributed by atoms with Gasteiger partial charge in [-0.3, -0.25) is 4.98 Å².